The van der Waals surface area contributed by atoms with Gasteiger partial charge in [0.2, 0.25) is 0 Å². The van der Waals surface area contributed by atoms with E-state index < -0.39 is 10.9 Å². The average molecular weight is 325 g/mol. The Hall–Kier alpha value is -2.61. The van der Waals surface area contributed by atoms with E-state index in [0.717, 1.165) is 30.4 Å². The molecule has 126 valence electrons. The molecule has 0 fully saturated rings. The molecule has 2 rings (SSSR count). The number of benzene rings is 1. The van der Waals surface area contributed by atoms with Crippen LogP contribution in [0.2, 0.25) is 0 Å². The molecule has 2 aromatic carbocycles. The van der Waals surface area contributed by atoms with Crippen LogP contribution in [0.15, 0.2) is 27.8 Å². The molecule has 0 aliphatic heterocycles. The van der Waals surface area contributed by atoms with E-state index in [1.807, 2.05) is 32.9 Å². The van der Waals surface area contributed by atoms with Gasteiger partial charge in [0.15, 0.2) is 0 Å². The van der Waals surface area contributed by atoms with E-state index in [2.05, 4.69) is 16.7 Å². The Labute approximate surface area is 142 Å². The first-order chi connectivity index (χ1) is 11.5. The molecule has 0 aliphatic rings. The highest BCUT2D eigenvalue weighted by molar-refractivity contribution is 5.74. The molecule has 0 radical (unpaired) electrons. The van der Waals surface area contributed by atoms with Crippen LogP contribution in [-0.2, 0) is 13.0 Å². The lowest BCUT2D eigenvalue weighted by molar-refractivity contribution is 0.670. The van der Waals surface area contributed by atoms with Crippen LogP contribution in [0.1, 0.15) is 50.3 Å². The second kappa shape index (κ2) is 7.78. The molecule has 2 N–H and O–H groups in total. The minimum absolute atomic E-state index is 0.190. The Bertz CT molecular complexity index is 822. The summed E-state index contributed by atoms with van der Waals surface area (Å²) in [5.41, 5.74) is 2.59. The fourth-order valence-electron chi connectivity index (χ4n) is 2.78. The number of nitrogens with zero attached hydrogens (tertiary/aromatic N) is 1. The minimum Gasteiger partial charge on any atom is -0.377 e. The zero-order chi connectivity index (χ0) is 17.7. The van der Waals surface area contributed by atoms with Gasteiger partial charge >= 0.3 is 0 Å². The third kappa shape index (κ3) is 3.48. The van der Waals surface area contributed by atoms with E-state index in [9.17, 15) is 9.59 Å². The van der Waals surface area contributed by atoms with Gasteiger partial charge in [-0.05, 0) is 42.5 Å². The summed E-state index contributed by atoms with van der Waals surface area (Å²) in [4.78, 5) is 23.7. The molecule has 0 atom stereocenters. The van der Waals surface area contributed by atoms with Crippen molar-refractivity contribution in [2.45, 2.75) is 52.6 Å². The Morgan fingerprint density at radius 1 is 1.04 bits per heavy atom. The van der Waals surface area contributed by atoms with Crippen molar-refractivity contribution in [3.05, 3.63) is 55.3 Å². The molecule has 0 bridgehead atoms. The van der Waals surface area contributed by atoms with E-state index in [0.29, 0.717) is 23.5 Å². The minimum atomic E-state index is -0.463. The average Bonchev–Trinajstić information content (AvgIpc) is 2.63. The second-order valence-electron chi connectivity index (χ2n) is 5.87. The fraction of sp³-hybridized carbons (Fsp3) is 0.421. The zero-order valence-corrected chi connectivity index (χ0v) is 14.4. The maximum atomic E-state index is 11.9. The smallest absolute Gasteiger partial charge is 0.253 e. The van der Waals surface area contributed by atoms with Crippen LogP contribution in [0.3, 0.4) is 0 Å². The number of nitrogens with one attached hydrogen (secondary N) is 2. The van der Waals surface area contributed by atoms with Crippen molar-refractivity contribution >= 4 is 11.4 Å². The second-order valence-corrected chi connectivity index (χ2v) is 5.87. The molecule has 0 saturated heterocycles. The molecule has 0 aliphatic carbocycles. The summed E-state index contributed by atoms with van der Waals surface area (Å²) in [7, 11) is 0. The van der Waals surface area contributed by atoms with E-state index >= 15 is 0 Å². The molecule has 0 amide bonds. The monoisotopic (exact) mass is 325 g/mol. The van der Waals surface area contributed by atoms with E-state index in [1.165, 1.54) is 0 Å². The summed E-state index contributed by atoms with van der Waals surface area (Å²) in [6, 6.07) is 7.84. The zero-order valence-electron chi connectivity index (χ0n) is 14.4. The van der Waals surface area contributed by atoms with E-state index in [-0.39, 0.29) is 6.04 Å². The maximum absolute atomic E-state index is 11.9. The lowest BCUT2D eigenvalue weighted by Crippen LogP contribution is -2.39. The van der Waals surface area contributed by atoms with E-state index in [4.69, 9.17) is 5.26 Å². The van der Waals surface area contributed by atoms with Crippen LogP contribution in [-0.4, -0.2) is 6.04 Å². The van der Waals surface area contributed by atoms with Crippen molar-refractivity contribution in [3.63, 3.8) is 0 Å². The Morgan fingerprint density at radius 3 is 2.29 bits per heavy atom. The van der Waals surface area contributed by atoms with Gasteiger partial charge in [-0.2, -0.15) is 5.26 Å². The topological polar surface area (TPSA) is 82.0 Å². The largest absolute Gasteiger partial charge is 0.377 e. The highest BCUT2D eigenvalue weighted by Crippen LogP contribution is 2.20. The number of aryl methyl sites for hydroxylation is 1. The van der Waals surface area contributed by atoms with Crippen molar-refractivity contribution in [2.75, 3.05) is 10.6 Å². The van der Waals surface area contributed by atoms with Crippen molar-refractivity contribution < 1.29 is 0 Å². The maximum Gasteiger partial charge on any atom is 0.253 e. The predicted octanol–water partition coefficient (Wildman–Crippen LogP) is 2.93. The first-order valence-electron chi connectivity index (χ1n) is 8.41. The quantitative estimate of drug-likeness (QED) is 0.729. The standard InChI is InChI=1S/C19H23N3O2/c1-4-13-9-12(10-20)7-8-14(13)11-21-16-17(19(24)18(16)23)22-15(5-2)6-3/h7-9,15,21-22H,4-6,11H2,1-3H3. The van der Waals surface area contributed by atoms with Gasteiger partial charge in [-0.3, -0.25) is 9.59 Å². The number of rotatable bonds is 8. The molecular formula is C19H23N3O2. The third-order valence-electron chi connectivity index (χ3n) is 4.42. The number of nitriles is 1. The van der Waals surface area contributed by atoms with Gasteiger partial charge in [0.05, 0.1) is 11.6 Å². The predicted molar refractivity (Wildman–Crippen MR) is 97.2 cm³/mol. The Kier molecular flexibility index (Phi) is 5.75. The molecule has 5 heteroatoms. The molecule has 0 heterocycles. The fourth-order valence-corrected chi connectivity index (χ4v) is 2.78. The van der Waals surface area contributed by atoms with Crippen LogP contribution in [0.5, 0.6) is 0 Å². The number of anilines is 2. The Balaban J connectivity index is 2.16. The number of hydrogen-bond donors (Lipinski definition) is 2. The summed E-state index contributed by atoms with van der Waals surface area (Å²) >= 11 is 0. The third-order valence-corrected chi connectivity index (χ3v) is 4.42. The molecule has 0 aromatic heterocycles. The summed E-state index contributed by atoms with van der Waals surface area (Å²) in [6.07, 6.45) is 2.59. The van der Waals surface area contributed by atoms with Gasteiger partial charge in [0.1, 0.15) is 11.4 Å². The normalized spacial score (nSPS) is 10.8. The Morgan fingerprint density at radius 2 is 1.71 bits per heavy atom. The summed E-state index contributed by atoms with van der Waals surface area (Å²) in [5, 5.41) is 15.2. The van der Waals surface area contributed by atoms with Gasteiger partial charge in [-0.1, -0.05) is 26.8 Å². The summed E-state index contributed by atoms with van der Waals surface area (Å²) < 4.78 is 0. The molecule has 2 aromatic rings. The van der Waals surface area contributed by atoms with Gasteiger partial charge in [-0.15, -0.1) is 0 Å². The molecule has 24 heavy (non-hydrogen) atoms. The van der Waals surface area contributed by atoms with Crippen LogP contribution in [0, 0.1) is 11.3 Å². The van der Waals surface area contributed by atoms with E-state index in [1.54, 1.807) is 6.07 Å². The first-order valence-corrected chi connectivity index (χ1v) is 8.41. The summed E-state index contributed by atoms with van der Waals surface area (Å²) in [6.45, 7) is 6.57. The lowest BCUT2D eigenvalue weighted by Gasteiger charge is -2.20. The summed E-state index contributed by atoms with van der Waals surface area (Å²) in [5.74, 6) is 0. The van der Waals surface area contributed by atoms with Gasteiger partial charge in [-0.25, -0.2) is 0 Å². The molecular weight excluding hydrogens is 302 g/mol. The van der Waals surface area contributed by atoms with Crippen LogP contribution >= 0.6 is 0 Å². The van der Waals surface area contributed by atoms with Crippen LogP contribution < -0.4 is 21.5 Å². The number of hydrogen-bond acceptors (Lipinski definition) is 5. The van der Waals surface area contributed by atoms with Crippen molar-refractivity contribution in [1.29, 1.82) is 5.26 Å². The molecule has 5 nitrogen and oxygen atoms in total. The van der Waals surface area contributed by atoms with Crippen LogP contribution in [0.4, 0.5) is 11.4 Å². The lowest BCUT2D eigenvalue weighted by atomic mass is 10.0. The van der Waals surface area contributed by atoms with Gasteiger partial charge < -0.3 is 10.6 Å². The highest BCUT2D eigenvalue weighted by Gasteiger charge is 2.22. The molecule has 0 spiro atoms. The highest BCUT2D eigenvalue weighted by atomic mass is 16.2. The molecule has 0 unspecified atom stereocenters. The van der Waals surface area contributed by atoms with Crippen molar-refractivity contribution in [1.82, 2.24) is 0 Å². The first kappa shape index (κ1) is 17.7. The van der Waals surface area contributed by atoms with Gasteiger partial charge in [0.25, 0.3) is 10.9 Å². The van der Waals surface area contributed by atoms with Crippen LogP contribution in [0.25, 0.3) is 0 Å². The van der Waals surface area contributed by atoms with Crippen molar-refractivity contribution in [3.8, 4) is 6.07 Å². The SMILES string of the molecule is CCc1cc(C#N)ccc1CNc1c(NC(CC)CC)c(=O)c1=O. The van der Waals surface area contributed by atoms with Gasteiger partial charge in [0, 0.05) is 12.6 Å². The molecule has 0 saturated carbocycles. The van der Waals surface area contributed by atoms with Crippen molar-refractivity contribution in [2.24, 2.45) is 0 Å².